The second kappa shape index (κ2) is 5.56. The van der Waals surface area contributed by atoms with Crippen LogP contribution in [0, 0.1) is 0 Å². The number of hydrogen-bond acceptors (Lipinski definition) is 6. The van der Waals surface area contributed by atoms with E-state index in [2.05, 4.69) is 25.6 Å². The van der Waals surface area contributed by atoms with Gasteiger partial charge in [0.15, 0.2) is 9.34 Å². The molecule has 0 saturated heterocycles. The Morgan fingerprint density at radius 1 is 1.33 bits per heavy atom. The van der Waals surface area contributed by atoms with Gasteiger partial charge in [0.05, 0.1) is 17.3 Å². The van der Waals surface area contributed by atoms with E-state index in [1.165, 1.54) is 11.3 Å². The van der Waals surface area contributed by atoms with E-state index in [1.54, 1.807) is 30.7 Å². The number of sulfonamides is 1. The molecule has 2 heterocycles. The highest BCUT2D eigenvalue weighted by molar-refractivity contribution is 9.10. The van der Waals surface area contributed by atoms with Gasteiger partial charge in [-0.3, -0.25) is 4.72 Å². The number of nitrogens with zero attached hydrogens (tertiary/aromatic N) is 1. The third kappa shape index (κ3) is 2.91. The number of ether oxygens (including phenoxy) is 1. The van der Waals surface area contributed by atoms with Crippen LogP contribution in [0.25, 0.3) is 10.2 Å². The maximum absolute atomic E-state index is 12.3. The van der Waals surface area contributed by atoms with E-state index in [4.69, 9.17) is 4.74 Å². The van der Waals surface area contributed by atoms with Gasteiger partial charge in [-0.15, -0.1) is 11.3 Å². The largest absolute Gasteiger partial charge is 0.497 e. The Kier molecular flexibility index (Phi) is 3.91. The van der Waals surface area contributed by atoms with Gasteiger partial charge in [-0.05, 0) is 45.6 Å². The Hall–Kier alpha value is -1.16. The molecule has 0 aliphatic carbocycles. The van der Waals surface area contributed by atoms with E-state index in [1.807, 2.05) is 6.07 Å². The number of fused-ring (bicyclic) bond motifs is 1. The summed E-state index contributed by atoms with van der Waals surface area (Å²) in [5, 5.41) is 2.04. The smallest absolute Gasteiger partial charge is 0.274 e. The average Bonchev–Trinajstić information content (AvgIpc) is 3.02. The fourth-order valence-corrected chi connectivity index (χ4v) is 6.18. The third-order valence-electron chi connectivity index (χ3n) is 2.65. The summed E-state index contributed by atoms with van der Waals surface area (Å²) < 4.78 is 33.9. The second-order valence-corrected chi connectivity index (χ2v) is 8.69. The number of anilines is 1. The molecule has 1 aromatic carbocycles. The van der Waals surface area contributed by atoms with E-state index in [-0.39, 0.29) is 4.21 Å². The van der Waals surface area contributed by atoms with Gasteiger partial charge in [-0.1, -0.05) is 11.3 Å². The molecule has 0 atom stereocenters. The number of hydrogen-bond donors (Lipinski definition) is 1. The zero-order valence-electron chi connectivity index (χ0n) is 10.7. The fraction of sp³-hybridized carbons (Fsp3) is 0.0833. The second-order valence-electron chi connectivity index (χ2n) is 4.01. The summed E-state index contributed by atoms with van der Waals surface area (Å²) in [6.45, 7) is 0. The highest BCUT2D eigenvalue weighted by Gasteiger charge is 2.21. The van der Waals surface area contributed by atoms with Gasteiger partial charge in [0, 0.05) is 4.47 Å². The molecule has 0 saturated carbocycles. The summed E-state index contributed by atoms with van der Waals surface area (Å²) in [5.41, 5.74) is 0.726. The lowest BCUT2D eigenvalue weighted by atomic mass is 10.3. The molecule has 9 heteroatoms. The molecule has 0 unspecified atom stereocenters. The average molecular weight is 405 g/mol. The Labute approximate surface area is 137 Å². The monoisotopic (exact) mass is 404 g/mol. The number of halogens is 1. The molecule has 21 heavy (non-hydrogen) atoms. The third-order valence-corrected chi connectivity index (χ3v) is 7.72. The van der Waals surface area contributed by atoms with Crippen molar-refractivity contribution in [2.24, 2.45) is 0 Å². The van der Waals surface area contributed by atoms with Crippen molar-refractivity contribution in [2.45, 2.75) is 4.21 Å². The number of nitrogens with one attached hydrogen (secondary N) is 1. The van der Waals surface area contributed by atoms with Crippen LogP contribution in [-0.2, 0) is 10.0 Å². The molecule has 0 spiro atoms. The van der Waals surface area contributed by atoms with Crippen molar-refractivity contribution >= 4 is 64.0 Å². The molecule has 5 nitrogen and oxygen atoms in total. The van der Waals surface area contributed by atoms with E-state index in [0.29, 0.717) is 15.4 Å². The van der Waals surface area contributed by atoms with Crippen LogP contribution in [0.3, 0.4) is 0 Å². The molecule has 0 aliphatic heterocycles. The number of benzene rings is 1. The molecule has 0 amide bonds. The maximum Gasteiger partial charge on any atom is 0.274 e. The van der Waals surface area contributed by atoms with Crippen molar-refractivity contribution in [3.8, 4) is 5.75 Å². The quantitative estimate of drug-likeness (QED) is 0.714. The minimum absolute atomic E-state index is 0.235. The molecule has 0 radical (unpaired) electrons. The molecule has 0 aliphatic rings. The Bertz CT molecular complexity index is 902. The molecule has 1 N–H and O–H groups in total. The van der Waals surface area contributed by atoms with E-state index in [9.17, 15) is 8.42 Å². The van der Waals surface area contributed by atoms with Crippen molar-refractivity contribution < 1.29 is 13.2 Å². The summed E-state index contributed by atoms with van der Waals surface area (Å²) in [6, 6.07) is 7.11. The minimum atomic E-state index is -3.63. The normalized spacial score (nSPS) is 11.7. The first kappa shape index (κ1) is 14.8. The van der Waals surface area contributed by atoms with E-state index < -0.39 is 10.0 Å². The lowest BCUT2D eigenvalue weighted by molar-refractivity contribution is 0.415. The SMILES string of the molecule is COc1ccc2nc(NS(=O)(=O)c3sccc3Br)sc2c1. The first-order valence-corrected chi connectivity index (χ1v) is 9.67. The molecular weight excluding hydrogens is 396 g/mol. The fourth-order valence-electron chi connectivity index (χ4n) is 1.71. The first-order valence-electron chi connectivity index (χ1n) is 5.70. The summed E-state index contributed by atoms with van der Waals surface area (Å²) in [4.78, 5) is 4.27. The Morgan fingerprint density at radius 3 is 2.81 bits per heavy atom. The lowest BCUT2D eigenvalue weighted by Crippen LogP contribution is -2.11. The van der Waals surface area contributed by atoms with Gasteiger partial charge >= 0.3 is 0 Å². The molecular formula is C12H9BrN2O3S3. The van der Waals surface area contributed by atoms with E-state index in [0.717, 1.165) is 21.6 Å². The minimum Gasteiger partial charge on any atom is -0.497 e. The number of thiophene rings is 1. The standard InChI is InChI=1S/C12H9BrN2O3S3/c1-18-7-2-3-9-10(6-7)20-12(14-9)15-21(16,17)11-8(13)4-5-19-11/h2-6H,1H3,(H,14,15). The van der Waals surface area contributed by atoms with Crippen molar-refractivity contribution in [2.75, 3.05) is 11.8 Å². The lowest BCUT2D eigenvalue weighted by Gasteiger charge is -2.02. The number of thiazole rings is 1. The number of rotatable bonds is 4. The van der Waals surface area contributed by atoms with Gasteiger partial charge in [0.1, 0.15) is 5.75 Å². The van der Waals surface area contributed by atoms with Gasteiger partial charge in [0.2, 0.25) is 0 Å². The molecule has 3 rings (SSSR count). The van der Waals surface area contributed by atoms with E-state index >= 15 is 0 Å². The van der Waals surface area contributed by atoms with Crippen LogP contribution in [0.1, 0.15) is 0 Å². The van der Waals surface area contributed by atoms with Gasteiger partial charge in [-0.25, -0.2) is 13.4 Å². The predicted molar refractivity (Wildman–Crippen MR) is 89.0 cm³/mol. The maximum atomic E-state index is 12.3. The van der Waals surface area contributed by atoms with Crippen LogP contribution in [0.2, 0.25) is 0 Å². The Balaban J connectivity index is 1.96. The summed E-state index contributed by atoms with van der Waals surface area (Å²) in [7, 11) is -2.04. The van der Waals surface area contributed by atoms with Crippen LogP contribution in [0.4, 0.5) is 5.13 Å². The van der Waals surface area contributed by atoms with Crippen LogP contribution >= 0.6 is 38.6 Å². The highest BCUT2D eigenvalue weighted by atomic mass is 79.9. The predicted octanol–water partition coefficient (Wildman–Crippen LogP) is 3.93. The van der Waals surface area contributed by atoms with Crippen LogP contribution in [-0.4, -0.2) is 20.5 Å². The topological polar surface area (TPSA) is 68.3 Å². The first-order chi connectivity index (χ1) is 9.99. The van der Waals surface area contributed by atoms with Gasteiger partial charge in [-0.2, -0.15) is 0 Å². The van der Waals surface area contributed by atoms with Crippen LogP contribution < -0.4 is 9.46 Å². The van der Waals surface area contributed by atoms with Crippen molar-refractivity contribution in [3.05, 3.63) is 34.1 Å². The van der Waals surface area contributed by atoms with Crippen LogP contribution in [0.15, 0.2) is 38.3 Å². The van der Waals surface area contributed by atoms with Gasteiger partial charge in [0.25, 0.3) is 10.0 Å². The number of methoxy groups -OCH3 is 1. The summed E-state index contributed by atoms with van der Waals surface area (Å²) in [6.07, 6.45) is 0. The van der Waals surface area contributed by atoms with Gasteiger partial charge < -0.3 is 4.74 Å². The molecule has 3 aromatic rings. The molecule has 2 aromatic heterocycles. The summed E-state index contributed by atoms with van der Waals surface area (Å²) >= 11 is 5.64. The van der Waals surface area contributed by atoms with Crippen molar-refractivity contribution in [3.63, 3.8) is 0 Å². The Morgan fingerprint density at radius 2 is 2.14 bits per heavy atom. The molecule has 110 valence electrons. The number of aromatic nitrogens is 1. The summed E-state index contributed by atoms with van der Waals surface area (Å²) in [5.74, 6) is 0.710. The zero-order chi connectivity index (χ0) is 15.0. The highest BCUT2D eigenvalue weighted by Crippen LogP contribution is 2.33. The van der Waals surface area contributed by atoms with Crippen molar-refractivity contribution in [1.29, 1.82) is 0 Å². The van der Waals surface area contributed by atoms with Crippen molar-refractivity contribution in [1.82, 2.24) is 4.98 Å². The molecule has 0 fully saturated rings. The molecule has 0 bridgehead atoms. The van der Waals surface area contributed by atoms with Crippen LogP contribution in [0.5, 0.6) is 5.75 Å². The zero-order valence-corrected chi connectivity index (χ0v) is 14.7.